The van der Waals surface area contributed by atoms with Gasteiger partial charge in [-0.2, -0.15) is 0 Å². The third kappa shape index (κ3) is 3.48. The van der Waals surface area contributed by atoms with E-state index < -0.39 is 5.97 Å². The number of carbonyl (C=O) groups is 2. The van der Waals surface area contributed by atoms with E-state index in [0.29, 0.717) is 11.3 Å². The smallest absolute Gasteiger partial charge is 0.336 e. The molecule has 0 spiro atoms. The first kappa shape index (κ1) is 14.3. The normalized spacial score (nSPS) is 15.7. The molecule has 1 heterocycles. The minimum absolute atomic E-state index is 0.166. The highest BCUT2D eigenvalue weighted by Crippen LogP contribution is 2.19. The van der Waals surface area contributed by atoms with Crippen LogP contribution in [0.3, 0.4) is 0 Å². The van der Waals surface area contributed by atoms with E-state index in [1.54, 1.807) is 19.1 Å². The van der Waals surface area contributed by atoms with E-state index in [-0.39, 0.29) is 17.6 Å². The van der Waals surface area contributed by atoms with Crippen molar-refractivity contribution in [3.05, 3.63) is 29.3 Å². The van der Waals surface area contributed by atoms with Gasteiger partial charge in [0.15, 0.2) is 0 Å². The van der Waals surface area contributed by atoms with Gasteiger partial charge >= 0.3 is 12.0 Å². The molecule has 2 amide bonds. The van der Waals surface area contributed by atoms with Gasteiger partial charge in [-0.05, 0) is 50.6 Å². The lowest BCUT2D eigenvalue weighted by Gasteiger charge is -2.24. The molecule has 0 radical (unpaired) electrons. The molecule has 6 heteroatoms. The van der Waals surface area contributed by atoms with Crippen LogP contribution in [0.25, 0.3) is 0 Å². The molecule has 108 valence electrons. The summed E-state index contributed by atoms with van der Waals surface area (Å²) >= 11 is 0. The minimum atomic E-state index is -0.995. The number of rotatable bonds is 3. The molecule has 0 aliphatic carbocycles. The van der Waals surface area contributed by atoms with Crippen LogP contribution in [0.4, 0.5) is 10.5 Å². The average Bonchev–Trinajstić information content (AvgIpc) is 2.42. The quantitative estimate of drug-likeness (QED) is 0.675. The van der Waals surface area contributed by atoms with Gasteiger partial charge < -0.3 is 21.1 Å². The highest BCUT2D eigenvalue weighted by atomic mass is 16.4. The Morgan fingerprint density at radius 1 is 1.30 bits per heavy atom. The first-order chi connectivity index (χ1) is 9.58. The van der Waals surface area contributed by atoms with Crippen molar-refractivity contribution < 1.29 is 14.7 Å². The van der Waals surface area contributed by atoms with E-state index in [9.17, 15) is 9.59 Å². The second-order valence-corrected chi connectivity index (χ2v) is 4.91. The Morgan fingerprint density at radius 2 is 2.00 bits per heavy atom. The predicted molar refractivity (Wildman–Crippen MR) is 76.2 cm³/mol. The van der Waals surface area contributed by atoms with Crippen LogP contribution in [-0.4, -0.2) is 36.2 Å². The molecule has 1 saturated heterocycles. The number of carboxylic acid groups (broad SMARTS) is 1. The summed E-state index contributed by atoms with van der Waals surface area (Å²) in [7, 11) is 0. The summed E-state index contributed by atoms with van der Waals surface area (Å²) < 4.78 is 0. The fraction of sp³-hybridized carbons (Fsp3) is 0.429. The topological polar surface area (TPSA) is 90.5 Å². The van der Waals surface area contributed by atoms with E-state index >= 15 is 0 Å². The Morgan fingerprint density at radius 3 is 2.65 bits per heavy atom. The van der Waals surface area contributed by atoms with Crippen molar-refractivity contribution in [2.24, 2.45) is 0 Å². The minimum Gasteiger partial charge on any atom is -0.478 e. The van der Waals surface area contributed by atoms with E-state index in [1.807, 2.05) is 0 Å². The Labute approximate surface area is 117 Å². The van der Waals surface area contributed by atoms with Crippen LogP contribution in [0.15, 0.2) is 18.2 Å². The molecule has 1 aliphatic heterocycles. The maximum Gasteiger partial charge on any atom is 0.336 e. The maximum atomic E-state index is 11.9. The first-order valence-electron chi connectivity index (χ1n) is 6.69. The molecule has 1 fully saturated rings. The number of nitrogens with one attached hydrogen (secondary N) is 3. The number of piperidine rings is 1. The van der Waals surface area contributed by atoms with E-state index in [1.165, 1.54) is 6.07 Å². The zero-order valence-electron chi connectivity index (χ0n) is 11.4. The van der Waals surface area contributed by atoms with E-state index in [2.05, 4.69) is 16.0 Å². The molecule has 0 bridgehead atoms. The highest BCUT2D eigenvalue weighted by molar-refractivity contribution is 5.95. The molecule has 1 aliphatic rings. The van der Waals surface area contributed by atoms with Crippen LogP contribution in [0.5, 0.6) is 0 Å². The molecule has 0 unspecified atom stereocenters. The number of amides is 2. The van der Waals surface area contributed by atoms with Gasteiger partial charge in [-0.1, -0.05) is 6.07 Å². The largest absolute Gasteiger partial charge is 0.478 e. The lowest BCUT2D eigenvalue weighted by molar-refractivity contribution is 0.0696. The maximum absolute atomic E-state index is 11.9. The van der Waals surface area contributed by atoms with Crippen molar-refractivity contribution in [3.63, 3.8) is 0 Å². The van der Waals surface area contributed by atoms with Gasteiger partial charge in [0.1, 0.15) is 0 Å². The summed E-state index contributed by atoms with van der Waals surface area (Å²) in [6.45, 7) is 3.49. The third-order valence-corrected chi connectivity index (χ3v) is 3.49. The van der Waals surface area contributed by atoms with Crippen LogP contribution in [0, 0.1) is 6.92 Å². The van der Waals surface area contributed by atoms with Gasteiger partial charge in [0.2, 0.25) is 0 Å². The summed E-state index contributed by atoms with van der Waals surface area (Å²) in [5.41, 5.74) is 1.28. The van der Waals surface area contributed by atoms with Gasteiger partial charge in [0, 0.05) is 11.7 Å². The number of aromatic carboxylic acids is 1. The standard InChI is InChI=1S/C14H19N3O3/c1-9-11(13(18)19)3-2-4-12(9)17-14(20)16-10-5-7-15-8-6-10/h2-4,10,15H,5-8H2,1H3,(H,18,19)(H2,16,17,20). The van der Waals surface area contributed by atoms with E-state index in [0.717, 1.165) is 25.9 Å². The highest BCUT2D eigenvalue weighted by Gasteiger charge is 2.16. The molecule has 1 aromatic carbocycles. The number of anilines is 1. The molecule has 2 rings (SSSR count). The Balaban J connectivity index is 2.00. The number of hydrogen-bond acceptors (Lipinski definition) is 3. The van der Waals surface area contributed by atoms with Crippen molar-refractivity contribution in [1.82, 2.24) is 10.6 Å². The van der Waals surface area contributed by atoms with Crippen molar-refractivity contribution >= 4 is 17.7 Å². The van der Waals surface area contributed by atoms with Gasteiger partial charge in [-0.3, -0.25) is 0 Å². The number of hydrogen-bond donors (Lipinski definition) is 4. The van der Waals surface area contributed by atoms with Crippen molar-refractivity contribution in [1.29, 1.82) is 0 Å². The molecule has 6 nitrogen and oxygen atoms in total. The fourth-order valence-corrected chi connectivity index (χ4v) is 2.31. The van der Waals surface area contributed by atoms with Crippen molar-refractivity contribution in [2.75, 3.05) is 18.4 Å². The molecular weight excluding hydrogens is 258 g/mol. The number of carboxylic acids is 1. The van der Waals surface area contributed by atoms with Crippen molar-refractivity contribution in [3.8, 4) is 0 Å². The Kier molecular flexibility index (Phi) is 4.57. The van der Waals surface area contributed by atoms with Crippen LogP contribution in [0.1, 0.15) is 28.8 Å². The average molecular weight is 277 g/mol. The molecule has 0 aromatic heterocycles. The second-order valence-electron chi connectivity index (χ2n) is 4.91. The van der Waals surface area contributed by atoms with Crippen LogP contribution in [0.2, 0.25) is 0 Å². The molecule has 1 aromatic rings. The Bertz CT molecular complexity index is 510. The molecule has 20 heavy (non-hydrogen) atoms. The van der Waals surface area contributed by atoms with Crippen molar-refractivity contribution in [2.45, 2.75) is 25.8 Å². The van der Waals surface area contributed by atoms with Crippen LogP contribution < -0.4 is 16.0 Å². The summed E-state index contributed by atoms with van der Waals surface area (Å²) in [5.74, 6) is -0.995. The lowest BCUT2D eigenvalue weighted by Crippen LogP contribution is -2.44. The second kappa shape index (κ2) is 6.38. The number of urea groups is 1. The third-order valence-electron chi connectivity index (χ3n) is 3.49. The zero-order chi connectivity index (χ0) is 14.5. The van der Waals surface area contributed by atoms with Gasteiger partial charge in [-0.25, -0.2) is 9.59 Å². The van der Waals surface area contributed by atoms with Gasteiger partial charge in [0.25, 0.3) is 0 Å². The molecule has 4 N–H and O–H groups in total. The summed E-state index contributed by atoms with van der Waals surface area (Å²) in [6.07, 6.45) is 1.81. The molecule has 0 atom stereocenters. The van der Waals surface area contributed by atoms with Crippen LogP contribution in [-0.2, 0) is 0 Å². The SMILES string of the molecule is Cc1c(NC(=O)NC2CCNCC2)cccc1C(=O)O. The van der Waals surface area contributed by atoms with Gasteiger partial charge in [-0.15, -0.1) is 0 Å². The molecular formula is C14H19N3O3. The van der Waals surface area contributed by atoms with Gasteiger partial charge in [0.05, 0.1) is 5.56 Å². The number of benzene rings is 1. The Hall–Kier alpha value is -2.08. The summed E-state index contributed by atoms with van der Waals surface area (Å²) in [4.78, 5) is 23.0. The van der Waals surface area contributed by atoms with Crippen LogP contribution >= 0.6 is 0 Å². The fourth-order valence-electron chi connectivity index (χ4n) is 2.31. The first-order valence-corrected chi connectivity index (χ1v) is 6.69. The monoisotopic (exact) mass is 277 g/mol. The predicted octanol–water partition coefficient (Wildman–Crippen LogP) is 1.57. The zero-order valence-corrected chi connectivity index (χ0v) is 11.4. The summed E-state index contributed by atoms with van der Waals surface area (Å²) in [5, 5.41) is 17.9. The van der Waals surface area contributed by atoms with E-state index in [4.69, 9.17) is 5.11 Å². The summed E-state index contributed by atoms with van der Waals surface area (Å²) in [6, 6.07) is 4.72. The lowest BCUT2D eigenvalue weighted by atomic mass is 10.1. The number of carbonyl (C=O) groups excluding carboxylic acids is 1. The molecule has 0 saturated carbocycles.